The van der Waals surface area contributed by atoms with Gasteiger partial charge in [-0.15, -0.1) is 0 Å². The van der Waals surface area contributed by atoms with Crippen molar-refractivity contribution >= 4 is 56.7 Å². The van der Waals surface area contributed by atoms with Gasteiger partial charge in [-0.1, -0.05) is 0 Å². The Hall–Kier alpha value is -1.42. The van der Waals surface area contributed by atoms with Crippen molar-refractivity contribution in [2.45, 2.75) is 9.61 Å². The zero-order chi connectivity index (χ0) is 18.7. The van der Waals surface area contributed by atoms with Gasteiger partial charge in [-0.3, -0.25) is 4.79 Å². The minimum absolute atomic E-state index is 0.229. The van der Waals surface area contributed by atoms with Gasteiger partial charge in [-0.2, -0.15) is 8.78 Å². The van der Waals surface area contributed by atoms with Gasteiger partial charge in [-0.25, -0.2) is 4.98 Å². The predicted octanol–water partition coefficient (Wildman–Crippen LogP) is 4.77. The highest BCUT2D eigenvalue weighted by Gasteiger charge is 2.26. The number of halogens is 4. The Morgan fingerprint density at radius 2 is 2.12 bits per heavy atom. The molecule has 1 aliphatic heterocycles. The number of hydrogen-bond donors (Lipinski definition) is 1. The maximum atomic E-state index is 12.8. The van der Waals surface area contributed by atoms with Crippen LogP contribution in [0, 0.1) is 0 Å². The van der Waals surface area contributed by atoms with E-state index in [1.807, 2.05) is 4.90 Å². The van der Waals surface area contributed by atoms with Gasteiger partial charge in [0.2, 0.25) is 0 Å². The molecule has 0 aliphatic carbocycles. The first-order valence-electron chi connectivity index (χ1n) is 7.47. The minimum Gasteiger partial charge on any atom is -0.359 e. The van der Waals surface area contributed by atoms with E-state index in [1.54, 1.807) is 6.07 Å². The molecule has 1 aromatic heterocycles. The maximum Gasteiger partial charge on any atom is 0.375 e. The number of hydrogen-bond acceptors (Lipinski definition) is 5. The molecule has 26 heavy (non-hydrogen) atoms. The van der Waals surface area contributed by atoms with E-state index < -0.39 is 4.71 Å². The third-order valence-corrected chi connectivity index (χ3v) is 5.04. The zero-order valence-electron chi connectivity index (χ0n) is 13.2. The van der Waals surface area contributed by atoms with Crippen LogP contribution in [0.2, 0.25) is 0 Å². The van der Waals surface area contributed by atoms with E-state index in [0.29, 0.717) is 39.8 Å². The summed E-state index contributed by atoms with van der Waals surface area (Å²) in [5, 5.41) is 2.70. The Kier molecular flexibility index (Phi) is 6.01. The molecule has 3 rings (SSSR count). The van der Waals surface area contributed by atoms with Crippen molar-refractivity contribution in [2.24, 2.45) is 0 Å². The maximum absolute atomic E-state index is 12.8. The molecule has 0 radical (unpaired) electrons. The van der Waals surface area contributed by atoms with Crippen molar-refractivity contribution in [3.8, 4) is 0 Å². The average Bonchev–Trinajstić information content (AvgIpc) is 3.09. The van der Waals surface area contributed by atoms with Crippen molar-refractivity contribution in [1.82, 2.24) is 4.98 Å². The largest absolute Gasteiger partial charge is 0.375 e. The van der Waals surface area contributed by atoms with Crippen LogP contribution < -0.4 is 10.2 Å². The van der Waals surface area contributed by atoms with Crippen LogP contribution in [0.4, 0.5) is 20.3 Å². The lowest BCUT2D eigenvalue weighted by atomic mass is 10.2. The minimum atomic E-state index is -3.37. The van der Waals surface area contributed by atoms with Gasteiger partial charge in [0, 0.05) is 23.3 Å². The molecule has 0 saturated carbocycles. The number of rotatable bonds is 5. The number of amides is 1. The molecule has 1 fully saturated rings. The molecule has 0 bridgehead atoms. The smallest absolute Gasteiger partial charge is 0.359 e. The standard InChI is InChI=1S/C16H13BrClF2N3O2S/c17-13-7-10(8-21-14(13)23-5-6-25-9-23)15(24)22-11-1-3-12(4-2-11)26-16(18,19)20/h1-4,7-8H,5-6,9H2,(H,22,24). The molecule has 1 saturated heterocycles. The number of thioether (sulfide) groups is 1. The van der Waals surface area contributed by atoms with E-state index in [1.165, 1.54) is 30.5 Å². The first-order valence-corrected chi connectivity index (χ1v) is 9.46. The Labute approximate surface area is 166 Å². The summed E-state index contributed by atoms with van der Waals surface area (Å²) < 4.78 is 28.1. The molecule has 5 nitrogen and oxygen atoms in total. The molecule has 10 heteroatoms. The lowest BCUT2D eigenvalue weighted by Gasteiger charge is -2.16. The number of ether oxygens (including phenoxy) is 1. The van der Waals surface area contributed by atoms with Crippen LogP contribution in [0.3, 0.4) is 0 Å². The molecule has 2 aromatic rings. The third-order valence-electron chi connectivity index (χ3n) is 3.48. The second-order valence-corrected chi connectivity index (χ2v) is 8.10. The fourth-order valence-electron chi connectivity index (χ4n) is 2.31. The van der Waals surface area contributed by atoms with E-state index in [2.05, 4.69) is 26.2 Å². The summed E-state index contributed by atoms with van der Waals surface area (Å²) in [5.74, 6) is 0.355. The molecule has 0 spiro atoms. The van der Waals surface area contributed by atoms with E-state index in [4.69, 9.17) is 16.3 Å². The molecule has 0 atom stereocenters. The Morgan fingerprint density at radius 3 is 2.69 bits per heavy atom. The van der Waals surface area contributed by atoms with E-state index in [9.17, 15) is 13.6 Å². The second kappa shape index (κ2) is 8.08. The highest BCUT2D eigenvalue weighted by Crippen LogP contribution is 2.39. The highest BCUT2D eigenvalue weighted by atomic mass is 79.9. The van der Waals surface area contributed by atoms with Crippen molar-refractivity contribution in [1.29, 1.82) is 0 Å². The number of anilines is 2. The molecule has 0 unspecified atom stereocenters. The first kappa shape index (κ1) is 19.3. The summed E-state index contributed by atoms with van der Waals surface area (Å²) in [6, 6.07) is 7.65. The summed E-state index contributed by atoms with van der Waals surface area (Å²) >= 11 is 8.53. The van der Waals surface area contributed by atoms with Gasteiger partial charge in [-0.05, 0) is 69.6 Å². The molecule has 1 N–H and O–H groups in total. The lowest BCUT2D eigenvalue weighted by molar-refractivity contribution is 0.102. The Balaban J connectivity index is 1.67. The van der Waals surface area contributed by atoms with Gasteiger partial charge in [0.1, 0.15) is 12.5 Å². The normalized spacial score (nSPS) is 14.5. The SMILES string of the molecule is O=C(Nc1ccc(SC(F)(F)Cl)cc1)c1cnc(N2CCOC2)c(Br)c1. The van der Waals surface area contributed by atoms with Crippen molar-refractivity contribution in [2.75, 3.05) is 30.1 Å². The summed E-state index contributed by atoms with van der Waals surface area (Å²) in [6.45, 7) is 1.84. The fourth-order valence-corrected chi connectivity index (χ4v) is 3.72. The van der Waals surface area contributed by atoms with Crippen LogP contribution in [-0.2, 0) is 4.74 Å². The zero-order valence-corrected chi connectivity index (χ0v) is 16.4. The summed E-state index contributed by atoms with van der Waals surface area (Å²) in [6.07, 6.45) is 1.48. The number of carbonyl (C=O) groups is 1. The van der Waals surface area contributed by atoms with Crippen molar-refractivity contribution in [3.05, 3.63) is 46.6 Å². The van der Waals surface area contributed by atoms with Crippen LogP contribution in [-0.4, -0.2) is 35.5 Å². The Morgan fingerprint density at radius 1 is 1.38 bits per heavy atom. The van der Waals surface area contributed by atoms with Crippen LogP contribution in [0.25, 0.3) is 0 Å². The third kappa shape index (κ3) is 5.06. The predicted molar refractivity (Wildman–Crippen MR) is 101 cm³/mol. The average molecular weight is 465 g/mol. The number of carbonyl (C=O) groups excluding carboxylic acids is 1. The second-order valence-electron chi connectivity index (χ2n) is 5.36. The highest BCUT2D eigenvalue weighted by molar-refractivity contribution is 9.10. The molecule has 1 aliphatic rings. The number of aromatic nitrogens is 1. The van der Waals surface area contributed by atoms with Crippen molar-refractivity contribution < 1.29 is 18.3 Å². The molecular weight excluding hydrogens is 452 g/mol. The van der Waals surface area contributed by atoms with Crippen molar-refractivity contribution in [3.63, 3.8) is 0 Å². The molecule has 2 heterocycles. The quantitative estimate of drug-likeness (QED) is 0.510. The number of nitrogens with zero attached hydrogens (tertiary/aromatic N) is 2. The summed E-state index contributed by atoms with van der Waals surface area (Å²) in [7, 11) is 0. The number of alkyl halides is 3. The van der Waals surface area contributed by atoms with Gasteiger partial charge < -0.3 is 15.0 Å². The van der Waals surface area contributed by atoms with Gasteiger partial charge >= 0.3 is 4.71 Å². The number of benzene rings is 1. The molecular formula is C16H13BrClF2N3O2S. The molecule has 138 valence electrons. The van der Waals surface area contributed by atoms with Crippen LogP contribution in [0.5, 0.6) is 0 Å². The summed E-state index contributed by atoms with van der Waals surface area (Å²) in [5.41, 5.74) is 0.844. The van der Waals surface area contributed by atoms with E-state index >= 15 is 0 Å². The number of pyridine rings is 1. The topological polar surface area (TPSA) is 54.5 Å². The molecule has 1 aromatic carbocycles. The Bertz CT molecular complexity index is 799. The number of nitrogens with one attached hydrogen (secondary N) is 1. The van der Waals surface area contributed by atoms with Gasteiger partial charge in [0.15, 0.2) is 0 Å². The van der Waals surface area contributed by atoms with E-state index in [-0.39, 0.29) is 17.7 Å². The van der Waals surface area contributed by atoms with Crippen LogP contribution >= 0.6 is 39.3 Å². The fraction of sp³-hybridized carbons (Fsp3) is 0.250. The van der Waals surface area contributed by atoms with Crippen LogP contribution in [0.15, 0.2) is 45.9 Å². The monoisotopic (exact) mass is 463 g/mol. The van der Waals surface area contributed by atoms with Gasteiger partial charge in [0.05, 0.1) is 16.6 Å². The van der Waals surface area contributed by atoms with Gasteiger partial charge in [0.25, 0.3) is 5.91 Å². The lowest BCUT2D eigenvalue weighted by Crippen LogP contribution is -2.21. The van der Waals surface area contributed by atoms with E-state index in [0.717, 1.165) is 6.54 Å². The first-order chi connectivity index (χ1) is 12.3. The summed E-state index contributed by atoms with van der Waals surface area (Å²) in [4.78, 5) is 18.9. The van der Waals surface area contributed by atoms with Crippen LogP contribution in [0.1, 0.15) is 10.4 Å². The molecule has 1 amide bonds.